The SMILES string of the molecule is NCCc1ncc(-c2ccc(F)c(Cl)c2)o1. The van der Waals surface area contributed by atoms with Gasteiger partial charge in [0.15, 0.2) is 11.7 Å². The molecular formula is C11H10ClFN2O. The van der Waals surface area contributed by atoms with Crippen molar-refractivity contribution in [3.8, 4) is 11.3 Å². The lowest BCUT2D eigenvalue weighted by Crippen LogP contribution is -2.02. The zero-order valence-corrected chi connectivity index (χ0v) is 9.17. The molecule has 0 fully saturated rings. The van der Waals surface area contributed by atoms with Crippen LogP contribution in [0.15, 0.2) is 28.8 Å². The van der Waals surface area contributed by atoms with Gasteiger partial charge < -0.3 is 10.2 Å². The molecule has 84 valence electrons. The number of nitrogens with two attached hydrogens (primary N) is 1. The molecule has 1 aromatic heterocycles. The average Bonchev–Trinajstić information content (AvgIpc) is 2.71. The third-order valence-electron chi connectivity index (χ3n) is 2.12. The number of hydrogen-bond donors (Lipinski definition) is 1. The molecule has 2 aromatic rings. The first kappa shape index (κ1) is 11.1. The van der Waals surface area contributed by atoms with E-state index < -0.39 is 5.82 Å². The fourth-order valence-electron chi connectivity index (χ4n) is 1.33. The fraction of sp³-hybridized carbons (Fsp3) is 0.182. The van der Waals surface area contributed by atoms with Gasteiger partial charge in [-0.3, -0.25) is 0 Å². The molecule has 1 aromatic carbocycles. The highest BCUT2D eigenvalue weighted by Gasteiger charge is 2.08. The fourth-order valence-corrected chi connectivity index (χ4v) is 1.51. The summed E-state index contributed by atoms with van der Waals surface area (Å²) in [6.07, 6.45) is 2.16. The molecule has 0 saturated carbocycles. The standard InChI is InChI=1S/C11H10ClFN2O/c12-8-5-7(1-2-9(8)13)10-6-15-11(16-10)3-4-14/h1-2,5-6H,3-4,14H2. The van der Waals surface area contributed by atoms with Gasteiger partial charge in [-0.25, -0.2) is 9.37 Å². The summed E-state index contributed by atoms with van der Waals surface area (Å²) in [4.78, 5) is 4.05. The second kappa shape index (κ2) is 4.63. The summed E-state index contributed by atoms with van der Waals surface area (Å²) in [5.74, 6) is 0.676. The molecule has 3 nitrogen and oxygen atoms in total. The van der Waals surface area contributed by atoms with Gasteiger partial charge in [-0.2, -0.15) is 0 Å². The molecule has 0 aliphatic rings. The number of rotatable bonds is 3. The lowest BCUT2D eigenvalue weighted by molar-refractivity contribution is 0.508. The van der Waals surface area contributed by atoms with Crippen molar-refractivity contribution < 1.29 is 8.81 Å². The number of hydrogen-bond acceptors (Lipinski definition) is 3. The van der Waals surface area contributed by atoms with Gasteiger partial charge in [-0.05, 0) is 18.2 Å². The Labute approximate surface area is 97.0 Å². The largest absolute Gasteiger partial charge is 0.441 e. The highest BCUT2D eigenvalue weighted by Crippen LogP contribution is 2.25. The van der Waals surface area contributed by atoms with Crippen molar-refractivity contribution in [1.82, 2.24) is 4.98 Å². The molecule has 0 atom stereocenters. The Morgan fingerprint density at radius 3 is 2.94 bits per heavy atom. The zero-order valence-electron chi connectivity index (χ0n) is 8.41. The number of halogens is 2. The second-order valence-corrected chi connectivity index (χ2v) is 3.69. The molecule has 5 heteroatoms. The van der Waals surface area contributed by atoms with E-state index in [1.54, 1.807) is 12.3 Å². The van der Waals surface area contributed by atoms with E-state index in [1.807, 2.05) is 0 Å². The first-order chi connectivity index (χ1) is 7.70. The van der Waals surface area contributed by atoms with Crippen LogP contribution in [-0.4, -0.2) is 11.5 Å². The minimum atomic E-state index is -0.452. The number of nitrogens with zero attached hydrogens (tertiary/aromatic N) is 1. The topological polar surface area (TPSA) is 52.0 Å². The maximum Gasteiger partial charge on any atom is 0.196 e. The first-order valence-corrected chi connectivity index (χ1v) is 5.18. The summed E-state index contributed by atoms with van der Waals surface area (Å²) in [5.41, 5.74) is 6.08. The van der Waals surface area contributed by atoms with Crippen molar-refractivity contribution >= 4 is 11.6 Å². The number of oxazole rings is 1. The Hall–Kier alpha value is -1.39. The molecule has 0 bridgehead atoms. The highest BCUT2D eigenvalue weighted by molar-refractivity contribution is 6.31. The summed E-state index contributed by atoms with van der Waals surface area (Å²) in [5, 5.41) is 0.0641. The van der Waals surface area contributed by atoms with E-state index in [1.165, 1.54) is 12.1 Å². The van der Waals surface area contributed by atoms with E-state index in [0.717, 1.165) is 0 Å². The summed E-state index contributed by atoms with van der Waals surface area (Å²) in [7, 11) is 0. The Kier molecular flexibility index (Phi) is 3.22. The first-order valence-electron chi connectivity index (χ1n) is 4.81. The molecule has 0 amide bonds. The van der Waals surface area contributed by atoms with Gasteiger partial charge in [-0.15, -0.1) is 0 Å². The van der Waals surface area contributed by atoms with Crippen molar-refractivity contribution in [2.24, 2.45) is 5.73 Å². The second-order valence-electron chi connectivity index (χ2n) is 3.29. The maximum atomic E-state index is 12.9. The van der Waals surface area contributed by atoms with Crippen LogP contribution >= 0.6 is 11.6 Å². The monoisotopic (exact) mass is 240 g/mol. The van der Waals surface area contributed by atoms with Crippen molar-refractivity contribution in [2.45, 2.75) is 6.42 Å². The van der Waals surface area contributed by atoms with Crippen LogP contribution in [0.2, 0.25) is 5.02 Å². The summed E-state index contributed by atoms with van der Waals surface area (Å²) < 4.78 is 18.4. The predicted octanol–water partition coefficient (Wildman–Crippen LogP) is 2.64. The smallest absolute Gasteiger partial charge is 0.196 e. The summed E-state index contributed by atoms with van der Waals surface area (Å²) in [6.45, 7) is 0.476. The third kappa shape index (κ3) is 2.23. The molecule has 2 N–H and O–H groups in total. The quantitative estimate of drug-likeness (QED) is 0.897. The molecule has 0 spiro atoms. The Morgan fingerprint density at radius 1 is 1.44 bits per heavy atom. The van der Waals surface area contributed by atoms with Crippen molar-refractivity contribution in [2.75, 3.05) is 6.54 Å². The minimum absolute atomic E-state index is 0.0641. The molecule has 0 aliphatic carbocycles. The van der Waals surface area contributed by atoms with Gasteiger partial charge in [0.05, 0.1) is 11.2 Å². The molecule has 0 radical (unpaired) electrons. The molecule has 0 aliphatic heterocycles. The molecular weight excluding hydrogens is 231 g/mol. The van der Waals surface area contributed by atoms with Crippen LogP contribution in [0.1, 0.15) is 5.89 Å². The summed E-state index contributed by atoms with van der Waals surface area (Å²) >= 11 is 5.67. The van der Waals surface area contributed by atoms with Crippen LogP contribution in [0, 0.1) is 5.82 Å². The van der Waals surface area contributed by atoms with Gasteiger partial charge in [0.25, 0.3) is 0 Å². The molecule has 0 saturated heterocycles. The van der Waals surface area contributed by atoms with Crippen LogP contribution in [0.25, 0.3) is 11.3 Å². The Morgan fingerprint density at radius 2 is 2.25 bits per heavy atom. The van der Waals surface area contributed by atoms with Gasteiger partial charge in [-0.1, -0.05) is 11.6 Å². The highest BCUT2D eigenvalue weighted by atomic mass is 35.5. The van der Waals surface area contributed by atoms with Gasteiger partial charge >= 0.3 is 0 Å². The molecule has 2 rings (SSSR count). The normalized spacial score (nSPS) is 10.7. The third-order valence-corrected chi connectivity index (χ3v) is 2.41. The number of aromatic nitrogens is 1. The van der Waals surface area contributed by atoms with Crippen molar-refractivity contribution in [1.29, 1.82) is 0 Å². The Bertz CT molecular complexity index is 498. The van der Waals surface area contributed by atoms with Gasteiger partial charge in [0, 0.05) is 18.5 Å². The van der Waals surface area contributed by atoms with E-state index in [2.05, 4.69) is 4.98 Å². The zero-order chi connectivity index (χ0) is 11.5. The molecule has 0 unspecified atom stereocenters. The van der Waals surface area contributed by atoms with E-state index in [-0.39, 0.29) is 5.02 Å². The molecule has 1 heterocycles. The average molecular weight is 241 g/mol. The predicted molar refractivity (Wildman–Crippen MR) is 59.7 cm³/mol. The number of benzene rings is 1. The summed E-state index contributed by atoms with van der Waals surface area (Å²) in [6, 6.07) is 4.39. The van der Waals surface area contributed by atoms with Crippen LogP contribution in [0.4, 0.5) is 4.39 Å². The van der Waals surface area contributed by atoms with Crippen LogP contribution in [0.3, 0.4) is 0 Å². The minimum Gasteiger partial charge on any atom is -0.441 e. The lowest BCUT2D eigenvalue weighted by atomic mass is 10.2. The lowest BCUT2D eigenvalue weighted by Gasteiger charge is -1.98. The van der Waals surface area contributed by atoms with Crippen LogP contribution in [-0.2, 0) is 6.42 Å². The van der Waals surface area contributed by atoms with Crippen molar-refractivity contribution in [3.63, 3.8) is 0 Å². The maximum absolute atomic E-state index is 12.9. The molecule has 16 heavy (non-hydrogen) atoms. The van der Waals surface area contributed by atoms with E-state index in [0.29, 0.717) is 30.2 Å². The van der Waals surface area contributed by atoms with E-state index >= 15 is 0 Å². The van der Waals surface area contributed by atoms with Crippen LogP contribution < -0.4 is 5.73 Å². The van der Waals surface area contributed by atoms with Gasteiger partial charge in [0.1, 0.15) is 5.82 Å². The Balaban J connectivity index is 2.31. The van der Waals surface area contributed by atoms with E-state index in [4.69, 9.17) is 21.8 Å². The van der Waals surface area contributed by atoms with Gasteiger partial charge in [0.2, 0.25) is 0 Å². The van der Waals surface area contributed by atoms with Crippen LogP contribution in [0.5, 0.6) is 0 Å². The van der Waals surface area contributed by atoms with Crippen molar-refractivity contribution in [3.05, 3.63) is 41.1 Å². The van der Waals surface area contributed by atoms with E-state index in [9.17, 15) is 4.39 Å².